The molecule has 0 fully saturated rings. The Balaban J connectivity index is 2.34. The summed E-state index contributed by atoms with van der Waals surface area (Å²) in [5, 5.41) is 19.9. The van der Waals surface area contributed by atoms with Gasteiger partial charge in [-0.2, -0.15) is 0 Å². The van der Waals surface area contributed by atoms with Crippen LogP contribution < -0.4 is 9.47 Å². The van der Waals surface area contributed by atoms with Crippen LogP contribution >= 0.6 is 0 Å². The number of hydrogen-bond donors (Lipinski definition) is 2. The van der Waals surface area contributed by atoms with E-state index in [0.717, 1.165) is 0 Å². The Labute approximate surface area is 127 Å². The highest BCUT2D eigenvalue weighted by Gasteiger charge is 2.30. The molecule has 0 spiro atoms. The van der Waals surface area contributed by atoms with Crippen LogP contribution in [0.25, 0.3) is 0 Å². The summed E-state index contributed by atoms with van der Waals surface area (Å²) in [6, 6.07) is 3.06. The van der Waals surface area contributed by atoms with E-state index in [9.17, 15) is 15.0 Å². The number of rotatable bonds is 0. The minimum atomic E-state index is -0.567. The molecule has 2 N–H and O–H groups in total. The van der Waals surface area contributed by atoms with Crippen molar-refractivity contribution in [1.29, 1.82) is 0 Å². The second-order valence-electron chi connectivity index (χ2n) is 5.53. The van der Waals surface area contributed by atoms with Gasteiger partial charge in [0.05, 0.1) is 0 Å². The number of esters is 1. The van der Waals surface area contributed by atoms with Crippen molar-refractivity contribution in [2.75, 3.05) is 0 Å². The van der Waals surface area contributed by atoms with Gasteiger partial charge in [0.15, 0.2) is 11.5 Å². The highest BCUT2D eigenvalue weighted by Crippen LogP contribution is 2.47. The summed E-state index contributed by atoms with van der Waals surface area (Å²) >= 11 is 0. The van der Waals surface area contributed by atoms with Gasteiger partial charge in [0, 0.05) is 11.1 Å². The van der Waals surface area contributed by atoms with Gasteiger partial charge in [-0.3, -0.25) is 0 Å². The Morgan fingerprint density at radius 2 is 1.32 bits per heavy atom. The number of aromatic hydroxyl groups is 2. The first-order valence-electron chi connectivity index (χ1n) is 6.87. The molecule has 3 rings (SSSR count). The summed E-state index contributed by atoms with van der Waals surface area (Å²) in [7, 11) is 0. The first-order valence-corrected chi connectivity index (χ1v) is 6.87. The van der Waals surface area contributed by atoms with Gasteiger partial charge in [-0.15, -0.1) is 0 Å². The van der Waals surface area contributed by atoms with E-state index in [1.165, 1.54) is 6.07 Å². The van der Waals surface area contributed by atoms with Crippen LogP contribution in [0.1, 0.15) is 32.6 Å². The van der Waals surface area contributed by atoms with E-state index in [1.54, 1.807) is 33.8 Å². The van der Waals surface area contributed by atoms with E-state index >= 15 is 0 Å². The Morgan fingerprint density at radius 3 is 1.95 bits per heavy atom. The minimum Gasteiger partial charge on any atom is -0.508 e. The highest BCUT2D eigenvalue weighted by atomic mass is 16.6. The van der Waals surface area contributed by atoms with Gasteiger partial charge >= 0.3 is 5.97 Å². The number of benzene rings is 2. The SMILES string of the molecule is Cc1cc(O)c(C)c2c1Oc1c(C)c(O)cc(C)c1C(=O)O2. The average Bonchev–Trinajstić information content (AvgIpc) is 2.60. The van der Waals surface area contributed by atoms with Crippen LogP contribution in [-0.4, -0.2) is 16.2 Å². The molecule has 5 nitrogen and oxygen atoms in total. The van der Waals surface area contributed by atoms with Crippen molar-refractivity contribution in [3.63, 3.8) is 0 Å². The zero-order valence-electron chi connectivity index (χ0n) is 12.8. The fourth-order valence-corrected chi connectivity index (χ4v) is 2.59. The lowest BCUT2D eigenvalue weighted by atomic mass is 10.0. The third kappa shape index (κ3) is 1.89. The summed E-state index contributed by atoms with van der Waals surface area (Å²) < 4.78 is 11.4. The molecule has 0 amide bonds. The van der Waals surface area contributed by atoms with Crippen molar-refractivity contribution in [1.82, 2.24) is 0 Å². The van der Waals surface area contributed by atoms with E-state index in [2.05, 4.69) is 0 Å². The first-order chi connectivity index (χ1) is 10.3. The van der Waals surface area contributed by atoms with Crippen molar-refractivity contribution >= 4 is 5.97 Å². The smallest absolute Gasteiger partial charge is 0.347 e. The number of hydrogen-bond acceptors (Lipinski definition) is 5. The van der Waals surface area contributed by atoms with Gasteiger partial charge in [0.25, 0.3) is 0 Å². The molecule has 0 unspecified atom stereocenters. The van der Waals surface area contributed by atoms with Gasteiger partial charge < -0.3 is 19.7 Å². The van der Waals surface area contributed by atoms with Crippen LogP contribution in [0.15, 0.2) is 12.1 Å². The fourth-order valence-electron chi connectivity index (χ4n) is 2.59. The van der Waals surface area contributed by atoms with Crippen LogP contribution in [-0.2, 0) is 0 Å². The van der Waals surface area contributed by atoms with Crippen LogP contribution in [0.2, 0.25) is 0 Å². The summed E-state index contributed by atoms with van der Waals surface area (Å²) in [4.78, 5) is 12.5. The lowest BCUT2D eigenvalue weighted by molar-refractivity contribution is 0.0735. The summed E-state index contributed by atoms with van der Waals surface area (Å²) in [6.45, 7) is 6.78. The molecule has 0 atom stereocenters. The Kier molecular flexibility index (Phi) is 3.02. The zero-order chi connectivity index (χ0) is 16.2. The lowest BCUT2D eigenvalue weighted by Crippen LogP contribution is -2.10. The fraction of sp³-hybridized carbons (Fsp3) is 0.235. The molecular formula is C17H16O5. The van der Waals surface area contributed by atoms with Crippen molar-refractivity contribution in [2.45, 2.75) is 27.7 Å². The van der Waals surface area contributed by atoms with Crippen LogP contribution in [0.4, 0.5) is 0 Å². The van der Waals surface area contributed by atoms with E-state index in [-0.39, 0.29) is 28.6 Å². The summed E-state index contributed by atoms with van der Waals surface area (Å²) in [5.41, 5.74) is 2.39. The first kappa shape index (κ1) is 14.3. The number of carbonyl (C=O) groups is 1. The number of ether oxygens (including phenoxy) is 2. The maximum absolute atomic E-state index is 12.5. The molecule has 0 aliphatic carbocycles. The van der Waals surface area contributed by atoms with Gasteiger partial charge in [-0.25, -0.2) is 4.79 Å². The van der Waals surface area contributed by atoms with Crippen LogP contribution in [0, 0.1) is 27.7 Å². The van der Waals surface area contributed by atoms with Crippen molar-refractivity contribution in [3.05, 3.63) is 39.9 Å². The van der Waals surface area contributed by atoms with Gasteiger partial charge in [-0.1, -0.05) is 0 Å². The minimum absolute atomic E-state index is 0.0369. The Bertz CT molecular complexity index is 821. The number of fused-ring (bicyclic) bond motifs is 2. The molecule has 1 aliphatic rings. The molecule has 114 valence electrons. The monoisotopic (exact) mass is 300 g/mol. The Hall–Kier alpha value is -2.69. The maximum atomic E-state index is 12.5. The quantitative estimate of drug-likeness (QED) is 0.573. The summed E-state index contributed by atoms with van der Waals surface area (Å²) in [5.74, 6) is 0.389. The topological polar surface area (TPSA) is 76.0 Å². The van der Waals surface area contributed by atoms with E-state index in [0.29, 0.717) is 28.0 Å². The third-order valence-electron chi connectivity index (χ3n) is 3.94. The largest absolute Gasteiger partial charge is 0.508 e. The van der Waals surface area contributed by atoms with Crippen molar-refractivity contribution in [2.24, 2.45) is 0 Å². The molecule has 0 aromatic heterocycles. The maximum Gasteiger partial charge on any atom is 0.347 e. The van der Waals surface area contributed by atoms with E-state index in [1.807, 2.05) is 0 Å². The average molecular weight is 300 g/mol. The molecular weight excluding hydrogens is 284 g/mol. The van der Waals surface area contributed by atoms with E-state index < -0.39 is 5.97 Å². The third-order valence-corrected chi connectivity index (χ3v) is 3.94. The molecule has 0 radical (unpaired) electrons. The lowest BCUT2D eigenvalue weighted by Gasteiger charge is -2.15. The number of aryl methyl sites for hydroxylation is 2. The normalized spacial score (nSPS) is 12.8. The second-order valence-corrected chi connectivity index (χ2v) is 5.53. The van der Waals surface area contributed by atoms with Gasteiger partial charge in [0.1, 0.15) is 22.8 Å². The zero-order valence-corrected chi connectivity index (χ0v) is 12.8. The van der Waals surface area contributed by atoms with Crippen molar-refractivity contribution < 1.29 is 24.5 Å². The molecule has 22 heavy (non-hydrogen) atoms. The predicted octanol–water partition coefficient (Wildman–Crippen LogP) is 3.66. The molecule has 2 aromatic carbocycles. The van der Waals surface area contributed by atoms with Crippen LogP contribution in [0.5, 0.6) is 28.7 Å². The standard InChI is InChI=1S/C17H16O5/c1-7-5-11(18)9(3)15-13(7)17(20)22-16-10(4)12(19)6-8(2)14(16)21-15/h5-6,18-19H,1-4H3. The number of phenols is 2. The second kappa shape index (κ2) is 4.66. The predicted molar refractivity (Wildman–Crippen MR) is 80.2 cm³/mol. The van der Waals surface area contributed by atoms with Crippen LogP contribution in [0.3, 0.4) is 0 Å². The highest BCUT2D eigenvalue weighted by molar-refractivity contribution is 5.98. The Morgan fingerprint density at radius 1 is 0.773 bits per heavy atom. The summed E-state index contributed by atoms with van der Waals surface area (Å²) in [6.07, 6.45) is 0. The molecule has 5 heteroatoms. The molecule has 2 aromatic rings. The van der Waals surface area contributed by atoms with E-state index in [4.69, 9.17) is 9.47 Å². The van der Waals surface area contributed by atoms with Gasteiger partial charge in [0.2, 0.25) is 0 Å². The van der Waals surface area contributed by atoms with Gasteiger partial charge in [-0.05, 0) is 51.0 Å². The molecule has 0 saturated heterocycles. The van der Waals surface area contributed by atoms with Crippen molar-refractivity contribution in [3.8, 4) is 28.7 Å². The number of phenolic OH excluding ortho intramolecular Hbond substituents is 2. The molecule has 1 heterocycles. The molecule has 0 bridgehead atoms. The molecule has 0 saturated carbocycles. The number of carbonyl (C=O) groups excluding carboxylic acids is 1. The molecule has 1 aliphatic heterocycles.